The molecule has 8 heteroatoms. The van der Waals surface area contributed by atoms with Gasteiger partial charge in [0.05, 0.1) is 5.69 Å². The predicted molar refractivity (Wildman–Crippen MR) is 122 cm³/mol. The van der Waals surface area contributed by atoms with E-state index in [9.17, 15) is 4.79 Å². The number of nitriles is 1. The largest absolute Gasteiger partial charge is 0.305 e. The zero-order valence-corrected chi connectivity index (χ0v) is 18.6. The van der Waals surface area contributed by atoms with Crippen LogP contribution in [-0.2, 0) is 0 Å². The maximum atomic E-state index is 12.9. The molecule has 4 rings (SSSR count). The van der Waals surface area contributed by atoms with Gasteiger partial charge in [0, 0.05) is 24.2 Å². The molecular formula is C24H27N7O. The third kappa shape index (κ3) is 4.68. The molecule has 1 saturated heterocycles. The molecule has 1 fully saturated rings. The zero-order valence-electron chi connectivity index (χ0n) is 18.6. The van der Waals surface area contributed by atoms with Crippen molar-refractivity contribution in [1.29, 1.82) is 5.26 Å². The van der Waals surface area contributed by atoms with E-state index in [0.29, 0.717) is 23.6 Å². The Bertz CT molecular complexity index is 1140. The molecule has 8 nitrogen and oxygen atoms in total. The van der Waals surface area contributed by atoms with Crippen molar-refractivity contribution in [3.8, 4) is 11.9 Å². The second-order valence-electron chi connectivity index (χ2n) is 8.44. The van der Waals surface area contributed by atoms with Crippen LogP contribution in [-0.4, -0.2) is 49.7 Å². The second-order valence-corrected chi connectivity index (χ2v) is 8.44. The lowest BCUT2D eigenvalue weighted by Gasteiger charge is -2.33. The number of hydrogen-bond donors (Lipinski definition) is 1. The number of anilines is 1. The predicted octanol–water partition coefficient (Wildman–Crippen LogP) is 3.68. The molecular weight excluding hydrogens is 402 g/mol. The summed E-state index contributed by atoms with van der Waals surface area (Å²) in [6.45, 7) is 8.49. The SMILES string of the molecule is Cc1ccc(-n2nc(C3CCN(C(C)C)CC3)cc2NC(=O)c2cccc(C#N)n2)nc1. The summed E-state index contributed by atoms with van der Waals surface area (Å²) in [5.41, 5.74) is 2.37. The maximum absolute atomic E-state index is 12.9. The summed E-state index contributed by atoms with van der Waals surface area (Å²) in [4.78, 5) is 23.9. The summed E-state index contributed by atoms with van der Waals surface area (Å²) >= 11 is 0. The van der Waals surface area contributed by atoms with Crippen molar-refractivity contribution in [2.45, 2.75) is 45.6 Å². The van der Waals surface area contributed by atoms with Crippen molar-refractivity contribution < 1.29 is 4.79 Å². The van der Waals surface area contributed by atoms with Crippen LogP contribution in [0.15, 0.2) is 42.6 Å². The first kappa shape index (κ1) is 21.7. The van der Waals surface area contributed by atoms with Crippen LogP contribution in [0.2, 0.25) is 0 Å². The van der Waals surface area contributed by atoms with E-state index in [-0.39, 0.29) is 11.4 Å². The highest BCUT2D eigenvalue weighted by molar-refractivity contribution is 6.02. The van der Waals surface area contributed by atoms with Gasteiger partial charge < -0.3 is 10.2 Å². The Morgan fingerprint density at radius 3 is 2.66 bits per heavy atom. The molecule has 164 valence electrons. The third-order valence-corrected chi connectivity index (χ3v) is 5.86. The Balaban J connectivity index is 1.63. The number of carbonyl (C=O) groups is 1. The molecule has 0 saturated carbocycles. The van der Waals surface area contributed by atoms with E-state index >= 15 is 0 Å². The molecule has 1 aliphatic rings. The molecule has 0 bridgehead atoms. The molecule has 1 amide bonds. The molecule has 32 heavy (non-hydrogen) atoms. The summed E-state index contributed by atoms with van der Waals surface area (Å²) in [5, 5.41) is 16.8. The van der Waals surface area contributed by atoms with Gasteiger partial charge in [-0.2, -0.15) is 15.0 Å². The minimum Gasteiger partial charge on any atom is -0.305 e. The third-order valence-electron chi connectivity index (χ3n) is 5.86. The lowest BCUT2D eigenvalue weighted by atomic mass is 9.93. The first-order valence-electron chi connectivity index (χ1n) is 10.9. The van der Waals surface area contributed by atoms with Gasteiger partial charge in [-0.3, -0.25) is 4.79 Å². The molecule has 3 aromatic heterocycles. The number of pyridine rings is 2. The number of rotatable bonds is 5. The van der Waals surface area contributed by atoms with E-state index in [2.05, 4.69) is 34.0 Å². The Morgan fingerprint density at radius 1 is 1.22 bits per heavy atom. The number of likely N-dealkylation sites (tertiary alicyclic amines) is 1. The highest BCUT2D eigenvalue weighted by Gasteiger charge is 2.26. The zero-order chi connectivity index (χ0) is 22.7. The van der Waals surface area contributed by atoms with Gasteiger partial charge in [0.2, 0.25) is 0 Å². The van der Waals surface area contributed by atoms with Crippen LogP contribution in [0, 0.1) is 18.3 Å². The van der Waals surface area contributed by atoms with Crippen molar-refractivity contribution >= 4 is 11.7 Å². The van der Waals surface area contributed by atoms with Gasteiger partial charge in [-0.05, 0) is 70.5 Å². The summed E-state index contributed by atoms with van der Waals surface area (Å²) in [6.07, 6.45) is 3.83. The normalized spacial score (nSPS) is 15.0. The first-order chi connectivity index (χ1) is 15.4. The Kier molecular flexibility index (Phi) is 6.28. The van der Waals surface area contributed by atoms with E-state index in [1.165, 1.54) is 0 Å². The van der Waals surface area contributed by atoms with E-state index < -0.39 is 5.91 Å². The van der Waals surface area contributed by atoms with Gasteiger partial charge in [0.1, 0.15) is 23.3 Å². The van der Waals surface area contributed by atoms with E-state index in [4.69, 9.17) is 10.4 Å². The number of aromatic nitrogens is 4. The van der Waals surface area contributed by atoms with E-state index in [1.54, 1.807) is 29.1 Å². The highest BCUT2D eigenvalue weighted by atomic mass is 16.2. The molecule has 0 unspecified atom stereocenters. The summed E-state index contributed by atoms with van der Waals surface area (Å²) in [7, 11) is 0. The Morgan fingerprint density at radius 2 is 2.00 bits per heavy atom. The average Bonchev–Trinajstić information content (AvgIpc) is 3.23. The quantitative estimate of drug-likeness (QED) is 0.664. The van der Waals surface area contributed by atoms with Crippen molar-refractivity contribution in [3.63, 3.8) is 0 Å². The van der Waals surface area contributed by atoms with Crippen LogP contribution >= 0.6 is 0 Å². The van der Waals surface area contributed by atoms with Gasteiger partial charge in [-0.15, -0.1) is 0 Å². The van der Waals surface area contributed by atoms with Crippen LogP contribution in [0.1, 0.15) is 60.0 Å². The van der Waals surface area contributed by atoms with Crippen molar-refractivity contribution in [3.05, 3.63) is 65.2 Å². The van der Waals surface area contributed by atoms with Gasteiger partial charge in [-0.1, -0.05) is 12.1 Å². The van der Waals surface area contributed by atoms with E-state index in [0.717, 1.165) is 37.2 Å². The number of nitrogens with one attached hydrogen (secondary N) is 1. The second kappa shape index (κ2) is 9.28. The molecule has 3 aromatic rings. The van der Waals surface area contributed by atoms with Crippen LogP contribution < -0.4 is 5.32 Å². The van der Waals surface area contributed by atoms with E-state index in [1.807, 2.05) is 31.2 Å². The van der Waals surface area contributed by atoms with Crippen LogP contribution in [0.3, 0.4) is 0 Å². The number of piperidine rings is 1. The fourth-order valence-electron chi connectivity index (χ4n) is 3.96. The summed E-state index contributed by atoms with van der Waals surface area (Å²) in [5.74, 6) is 1.11. The number of amides is 1. The monoisotopic (exact) mass is 429 g/mol. The average molecular weight is 430 g/mol. The van der Waals surface area contributed by atoms with Crippen molar-refractivity contribution in [2.75, 3.05) is 18.4 Å². The maximum Gasteiger partial charge on any atom is 0.275 e. The van der Waals surface area contributed by atoms with Crippen molar-refractivity contribution in [2.24, 2.45) is 0 Å². The van der Waals surface area contributed by atoms with Crippen LogP contribution in [0.25, 0.3) is 5.82 Å². The number of nitrogens with zero attached hydrogens (tertiary/aromatic N) is 6. The molecule has 1 N–H and O–H groups in total. The van der Waals surface area contributed by atoms with Crippen molar-refractivity contribution in [1.82, 2.24) is 24.6 Å². The minimum atomic E-state index is -0.392. The highest BCUT2D eigenvalue weighted by Crippen LogP contribution is 2.30. The fraction of sp³-hybridized carbons (Fsp3) is 0.375. The molecule has 0 aliphatic carbocycles. The Labute approximate surface area is 187 Å². The minimum absolute atomic E-state index is 0.181. The Hall–Kier alpha value is -3.57. The first-order valence-corrected chi connectivity index (χ1v) is 10.9. The molecule has 1 aliphatic heterocycles. The summed E-state index contributed by atoms with van der Waals surface area (Å²) in [6, 6.07) is 13.1. The van der Waals surface area contributed by atoms with Gasteiger partial charge in [-0.25, -0.2) is 9.97 Å². The number of carbonyl (C=O) groups excluding carboxylic acids is 1. The lowest BCUT2D eigenvalue weighted by molar-refractivity contribution is 0.102. The summed E-state index contributed by atoms with van der Waals surface area (Å²) < 4.78 is 1.68. The molecule has 4 heterocycles. The standard InChI is InChI=1S/C24H27N7O/c1-16(2)30-11-9-18(10-12-30)21-13-23(31(29-21)22-8-7-17(3)15-26-22)28-24(32)20-6-4-5-19(14-25)27-20/h4-8,13,15-16,18H,9-12H2,1-3H3,(H,28,32). The lowest BCUT2D eigenvalue weighted by Crippen LogP contribution is -2.37. The number of aryl methyl sites for hydroxylation is 1. The van der Waals surface area contributed by atoms with Gasteiger partial charge in [0.25, 0.3) is 5.91 Å². The molecule has 0 aromatic carbocycles. The number of hydrogen-bond acceptors (Lipinski definition) is 6. The van der Waals surface area contributed by atoms with Gasteiger partial charge in [0.15, 0.2) is 5.82 Å². The topological polar surface area (TPSA) is 99.7 Å². The molecule has 0 spiro atoms. The molecule has 0 radical (unpaired) electrons. The smallest absolute Gasteiger partial charge is 0.275 e. The molecule has 0 atom stereocenters. The van der Waals surface area contributed by atoms with Crippen LogP contribution in [0.4, 0.5) is 5.82 Å². The van der Waals surface area contributed by atoms with Crippen LogP contribution in [0.5, 0.6) is 0 Å². The fourth-order valence-corrected chi connectivity index (χ4v) is 3.96. The van der Waals surface area contributed by atoms with Gasteiger partial charge >= 0.3 is 0 Å².